The van der Waals surface area contributed by atoms with Gasteiger partial charge in [-0.15, -0.1) is 0 Å². The molecule has 1 saturated heterocycles. The molecule has 1 unspecified atom stereocenters. The molecule has 1 amide bonds. The third-order valence-electron chi connectivity index (χ3n) is 5.96. The van der Waals surface area contributed by atoms with E-state index in [1.807, 2.05) is 47.4 Å². The van der Waals surface area contributed by atoms with Crippen LogP contribution in [0.2, 0.25) is 0 Å². The van der Waals surface area contributed by atoms with Gasteiger partial charge in [-0.05, 0) is 48.9 Å². The van der Waals surface area contributed by atoms with Crippen LogP contribution in [0.25, 0.3) is 0 Å². The van der Waals surface area contributed by atoms with Gasteiger partial charge >= 0.3 is 0 Å². The average molecular weight is 447 g/mol. The van der Waals surface area contributed by atoms with E-state index in [4.69, 9.17) is 9.47 Å². The maximum atomic E-state index is 12.6. The molecule has 4 rings (SSSR count). The van der Waals surface area contributed by atoms with Gasteiger partial charge in [0.2, 0.25) is 5.91 Å². The molecule has 1 N–H and O–H groups in total. The molecule has 0 aromatic heterocycles. The number of rotatable bonds is 8. The lowest BCUT2D eigenvalue weighted by atomic mass is 10.1. The first-order chi connectivity index (χ1) is 16.1. The lowest BCUT2D eigenvalue weighted by Crippen LogP contribution is -2.49. The highest BCUT2D eigenvalue weighted by molar-refractivity contribution is 5.76. The second-order valence-electron chi connectivity index (χ2n) is 8.17. The molecule has 1 aliphatic rings. The van der Waals surface area contributed by atoms with Crippen LogP contribution in [-0.2, 0) is 4.79 Å². The number of carbonyl (C=O) groups is 1. The maximum Gasteiger partial charge on any atom is 0.226 e. The number of carbonyl (C=O) groups excluding carboxylic acids is 1. The van der Waals surface area contributed by atoms with Gasteiger partial charge in [0.25, 0.3) is 0 Å². The molecule has 3 aromatic carbocycles. The monoisotopic (exact) mass is 446 g/mol. The van der Waals surface area contributed by atoms with Gasteiger partial charge in [0.15, 0.2) is 0 Å². The van der Waals surface area contributed by atoms with E-state index in [0.717, 1.165) is 24.6 Å². The zero-order chi connectivity index (χ0) is 23.0. The number of ether oxygens (including phenoxy) is 2. The molecule has 1 aliphatic heterocycles. The van der Waals surface area contributed by atoms with Crippen molar-refractivity contribution in [3.05, 3.63) is 84.4 Å². The molecule has 1 fully saturated rings. The van der Waals surface area contributed by atoms with Gasteiger partial charge in [-0.1, -0.05) is 36.4 Å². The standard InChI is InChI=1S/C27H30N2O4/c1-21(22-10-12-25(13-11-22)33-24-7-3-2-4-8-24)28-15-17-29(18-16-28)27(31)14-19-32-26-9-5-6-23(30)20-26/h2-13,20-21,30H,14-19H2,1H3. The second kappa shape index (κ2) is 10.9. The molecular weight excluding hydrogens is 416 g/mol. The molecule has 3 aromatic rings. The summed E-state index contributed by atoms with van der Waals surface area (Å²) < 4.78 is 11.5. The zero-order valence-corrected chi connectivity index (χ0v) is 18.9. The minimum Gasteiger partial charge on any atom is -0.508 e. The fourth-order valence-electron chi connectivity index (χ4n) is 4.00. The Morgan fingerprint density at radius 2 is 1.55 bits per heavy atom. The summed E-state index contributed by atoms with van der Waals surface area (Å²) in [6.45, 7) is 5.60. The summed E-state index contributed by atoms with van der Waals surface area (Å²) in [5.41, 5.74) is 1.23. The molecule has 0 saturated carbocycles. The number of nitrogens with zero attached hydrogens (tertiary/aromatic N) is 2. The topological polar surface area (TPSA) is 62.2 Å². The van der Waals surface area contributed by atoms with Crippen LogP contribution in [0.1, 0.15) is 24.9 Å². The summed E-state index contributed by atoms with van der Waals surface area (Å²) >= 11 is 0. The van der Waals surface area contributed by atoms with Crippen molar-refractivity contribution in [2.45, 2.75) is 19.4 Å². The minimum atomic E-state index is 0.102. The normalized spacial score (nSPS) is 15.1. The average Bonchev–Trinajstić information content (AvgIpc) is 2.85. The van der Waals surface area contributed by atoms with E-state index in [1.54, 1.807) is 24.3 Å². The van der Waals surface area contributed by atoms with E-state index < -0.39 is 0 Å². The van der Waals surface area contributed by atoms with E-state index in [-0.39, 0.29) is 17.7 Å². The van der Waals surface area contributed by atoms with Crippen molar-refractivity contribution in [2.75, 3.05) is 32.8 Å². The summed E-state index contributed by atoms with van der Waals surface area (Å²) in [6, 6.07) is 24.9. The number of amides is 1. The number of aromatic hydroxyl groups is 1. The van der Waals surface area contributed by atoms with E-state index >= 15 is 0 Å². The molecule has 0 radical (unpaired) electrons. The molecule has 6 nitrogen and oxygen atoms in total. The van der Waals surface area contributed by atoms with E-state index in [0.29, 0.717) is 31.9 Å². The van der Waals surface area contributed by atoms with Crippen molar-refractivity contribution < 1.29 is 19.4 Å². The number of phenolic OH excluding ortho intramolecular Hbond substituents is 1. The first-order valence-electron chi connectivity index (χ1n) is 11.3. The third-order valence-corrected chi connectivity index (χ3v) is 5.96. The molecule has 0 bridgehead atoms. The number of benzene rings is 3. The first kappa shape index (κ1) is 22.7. The van der Waals surface area contributed by atoms with Crippen LogP contribution in [0, 0.1) is 0 Å². The Balaban J connectivity index is 1.22. The summed E-state index contributed by atoms with van der Waals surface area (Å²) in [6.07, 6.45) is 0.327. The van der Waals surface area contributed by atoms with Gasteiger partial charge in [-0.2, -0.15) is 0 Å². The van der Waals surface area contributed by atoms with Crippen LogP contribution in [0.5, 0.6) is 23.0 Å². The van der Waals surface area contributed by atoms with Crippen molar-refractivity contribution >= 4 is 5.91 Å². The Labute approximate surface area is 195 Å². The number of piperazine rings is 1. The van der Waals surface area contributed by atoms with Gasteiger partial charge < -0.3 is 19.5 Å². The van der Waals surface area contributed by atoms with E-state index in [2.05, 4.69) is 24.0 Å². The fourth-order valence-corrected chi connectivity index (χ4v) is 4.00. The smallest absolute Gasteiger partial charge is 0.226 e. The summed E-state index contributed by atoms with van der Waals surface area (Å²) in [5.74, 6) is 2.47. The molecular formula is C27H30N2O4. The predicted molar refractivity (Wildman–Crippen MR) is 128 cm³/mol. The largest absolute Gasteiger partial charge is 0.508 e. The Hall–Kier alpha value is -3.51. The van der Waals surface area contributed by atoms with Crippen LogP contribution < -0.4 is 9.47 Å². The van der Waals surface area contributed by atoms with Crippen LogP contribution in [0.4, 0.5) is 0 Å². The molecule has 0 spiro atoms. The van der Waals surface area contributed by atoms with Crippen LogP contribution >= 0.6 is 0 Å². The predicted octanol–water partition coefficient (Wildman–Crippen LogP) is 4.86. The van der Waals surface area contributed by atoms with Crippen LogP contribution in [0.3, 0.4) is 0 Å². The van der Waals surface area contributed by atoms with Crippen LogP contribution in [0.15, 0.2) is 78.9 Å². The quantitative estimate of drug-likeness (QED) is 0.536. The number of para-hydroxylation sites is 1. The highest BCUT2D eigenvalue weighted by atomic mass is 16.5. The van der Waals surface area contributed by atoms with Gasteiger partial charge in [0.05, 0.1) is 13.0 Å². The Bertz CT molecular complexity index is 1030. The highest BCUT2D eigenvalue weighted by Crippen LogP contribution is 2.26. The van der Waals surface area contributed by atoms with Crippen molar-refractivity contribution in [2.24, 2.45) is 0 Å². The Morgan fingerprint density at radius 1 is 0.879 bits per heavy atom. The highest BCUT2D eigenvalue weighted by Gasteiger charge is 2.24. The van der Waals surface area contributed by atoms with Gasteiger partial charge in [0.1, 0.15) is 23.0 Å². The fraction of sp³-hybridized carbons (Fsp3) is 0.296. The van der Waals surface area contributed by atoms with Crippen molar-refractivity contribution in [3.63, 3.8) is 0 Å². The molecule has 33 heavy (non-hydrogen) atoms. The van der Waals surface area contributed by atoms with Gasteiger partial charge in [-0.3, -0.25) is 9.69 Å². The maximum absolute atomic E-state index is 12.6. The molecule has 1 atom stereocenters. The lowest BCUT2D eigenvalue weighted by molar-refractivity contribution is -0.133. The number of phenols is 1. The molecule has 0 aliphatic carbocycles. The number of hydrogen-bond acceptors (Lipinski definition) is 5. The van der Waals surface area contributed by atoms with Gasteiger partial charge in [-0.25, -0.2) is 0 Å². The Kier molecular flexibility index (Phi) is 7.47. The number of hydrogen-bond donors (Lipinski definition) is 1. The minimum absolute atomic E-state index is 0.102. The van der Waals surface area contributed by atoms with Gasteiger partial charge in [0, 0.05) is 38.3 Å². The SMILES string of the molecule is CC(c1ccc(Oc2ccccc2)cc1)N1CCN(C(=O)CCOc2cccc(O)c2)CC1. The summed E-state index contributed by atoms with van der Waals surface area (Å²) in [4.78, 5) is 16.9. The molecule has 6 heteroatoms. The first-order valence-corrected chi connectivity index (χ1v) is 11.3. The van der Waals surface area contributed by atoms with Crippen molar-refractivity contribution in [1.29, 1.82) is 0 Å². The lowest BCUT2D eigenvalue weighted by Gasteiger charge is -2.38. The van der Waals surface area contributed by atoms with E-state index in [1.165, 1.54) is 5.56 Å². The molecule has 172 valence electrons. The zero-order valence-electron chi connectivity index (χ0n) is 18.9. The summed E-state index contributed by atoms with van der Waals surface area (Å²) in [5, 5.41) is 9.48. The van der Waals surface area contributed by atoms with Crippen LogP contribution in [-0.4, -0.2) is 53.6 Å². The van der Waals surface area contributed by atoms with E-state index in [9.17, 15) is 9.90 Å². The third kappa shape index (κ3) is 6.26. The summed E-state index contributed by atoms with van der Waals surface area (Å²) in [7, 11) is 0. The Morgan fingerprint density at radius 3 is 2.24 bits per heavy atom. The van der Waals surface area contributed by atoms with Crippen molar-refractivity contribution in [1.82, 2.24) is 9.80 Å². The molecule has 1 heterocycles. The van der Waals surface area contributed by atoms with Crippen molar-refractivity contribution in [3.8, 4) is 23.0 Å². The second-order valence-corrected chi connectivity index (χ2v) is 8.17.